The molecule has 0 aliphatic rings. The van der Waals surface area contributed by atoms with Gasteiger partial charge in [-0.1, -0.05) is 32.8 Å². The van der Waals surface area contributed by atoms with Crippen LogP contribution in [0.3, 0.4) is 0 Å². The van der Waals surface area contributed by atoms with Crippen molar-refractivity contribution in [1.82, 2.24) is 5.32 Å². The summed E-state index contributed by atoms with van der Waals surface area (Å²) < 4.78 is 0. The molecular weight excluding hydrogens is 212 g/mol. The molecule has 0 aliphatic heterocycles. The highest BCUT2D eigenvalue weighted by atomic mass is 16.1. The van der Waals surface area contributed by atoms with E-state index >= 15 is 0 Å². The van der Waals surface area contributed by atoms with Crippen molar-refractivity contribution in [2.75, 3.05) is 18.9 Å². The predicted octanol–water partition coefficient (Wildman–Crippen LogP) is 2.89. The highest BCUT2D eigenvalue weighted by molar-refractivity contribution is 5.94. The summed E-state index contributed by atoms with van der Waals surface area (Å²) in [4.78, 5) is 11.5. The van der Waals surface area contributed by atoms with Gasteiger partial charge in [0, 0.05) is 24.8 Å². The first kappa shape index (κ1) is 13.6. The van der Waals surface area contributed by atoms with Crippen LogP contribution in [0.5, 0.6) is 0 Å². The average molecular weight is 234 g/mol. The fraction of sp³-hybridized carbons (Fsp3) is 0.500. The van der Waals surface area contributed by atoms with Crippen molar-refractivity contribution in [2.24, 2.45) is 5.92 Å². The standard InChI is InChI=1S/C14H22N2O/c1-4-11(5-2)10-16-13-8-6-7-12(9-13)14(17)15-3/h6-9,11,16H,4-5,10H2,1-3H3,(H,15,17). The van der Waals surface area contributed by atoms with Crippen molar-refractivity contribution in [3.05, 3.63) is 29.8 Å². The molecule has 94 valence electrons. The van der Waals surface area contributed by atoms with E-state index in [1.54, 1.807) is 7.05 Å². The maximum absolute atomic E-state index is 11.5. The summed E-state index contributed by atoms with van der Waals surface area (Å²) in [5, 5.41) is 6.01. The molecule has 0 spiro atoms. The van der Waals surface area contributed by atoms with Crippen molar-refractivity contribution in [3.63, 3.8) is 0 Å². The molecule has 0 aromatic heterocycles. The molecule has 0 saturated heterocycles. The van der Waals surface area contributed by atoms with Crippen LogP contribution in [0, 0.1) is 5.92 Å². The van der Waals surface area contributed by atoms with Gasteiger partial charge in [0.15, 0.2) is 0 Å². The molecule has 0 unspecified atom stereocenters. The van der Waals surface area contributed by atoms with Gasteiger partial charge < -0.3 is 10.6 Å². The second kappa shape index (κ2) is 6.94. The van der Waals surface area contributed by atoms with E-state index in [0.29, 0.717) is 11.5 Å². The molecule has 2 N–H and O–H groups in total. The first-order chi connectivity index (χ1) is 8.21. The molecule has 0 bridgehead atoms. The van der Waals surface area contributed by atoms with Crippen LogP contribution in [0.15, 0.2) is 24.3 Å². The molecule has 0 saturated carbocycles. The van der Waals surface area contributed by atoms with Crippen molar-refractivity contribution < 1.29 is 4.79 Å². The van der Waals surface area contributed by atoms with Gasteiger partial charge in [0.25, 0.3) is 5.91 Å². The highest BCUT2D eigenvalue weighted by Gasteiger charge is 2.05. The Morgan fingerprint density at radius 2 is 2.00 bits per heavy atom. The summed E-state index contributed by atoms with van der Waals surface area (Å²) in [7, 11) is 1.65. The number of benzene rings is 1. The molecule has 1 aromatic carbocycles. The number of carbonyl (C=O) groups excluding carboxylic acids is 1. The van der Waals surface area contributed by atoms with E-state index in [-0.39, 0.29) is 5.91 Å². The highest BCUT2D eigenvalue weighted by Crippen LogP contribution is 2.13. The number of nitrogens with one attached hydrogen (secondary N) is 2. The number of anilines is 1. The van der Waals surface area contributed by atoms with Gasteiger partial charge in [-0.25, -0.2) is 0 Å². The number of hydrogen-bond donors (Lipinski definition) is 2. The third kappa shape index (κ3) is 4.10. The molecule has 3 heteroatoms. The first-order valence-electron chi connectivity index (χ1n) is 6.27. The van der Waals surface area contributed by atoms with Gasteiger partial charge in [-0.3, -0.25) is 4.79 Å². The Balaban J connectivity index is 2.62. The van der Waals surface area contributed by atoms with Crippen LogP contribution >= 0.6 is 0 Å². The second-order valence-corrected chi connectivity index (χ2v) is 4.22. The van der Waals surface area contributed by atoms with E-state index in [4.69, 9.17) is 0 Å². The minimum Gasteiger partial charge on any atom is -0.385 e. The van der Waals surface area contributed by atoms with Crippen LogP contribution in [0.25, 0.3) is 0 Å². The minimum absolute atomic E-state index is 0.0452. The van der Waals surface area contributed by atoms with Crippen LogP contribution < -0.4 is 10.6 Å². The minimum atomic E-state index is -0.0452. The van der Waals surface area contributed by atoms with Crippen LogP contribution in [-0.4, -0.2) is 19.5 Å². The van der Waals surface area contributed by atoms with Crippen molar-refractivity contribution in [1.29, 1.82) is 0 Å². The zero-order valence-corrected chi connectivity index (χ0v) is 10.9. The lowest BCUT2D eigenvalue weighted by Crippen LogP contribution is -2.18. The normalized spacial score (nSPS) is 10.4. The first-order valence-corrected chi connectivity index (χ1v) is 6.27. The summed E-state index contributed by atoms with van der Waals surface area (Å²) in [5.41, 5.74) is 1.71. The zero-order chi connectivity index (χ0) is 12.7. The second-order valence-electron chi connectivity index (χ2n) is 4.22. The van der Waals surface area contributed by atoms with Gasteiger partial charge >= 0.3 is 0 Å². The average Bonchev–Trinajstić information content (AvgIpc) is 2.39. The Kier molecular flexibility index (Phi) is 5.53. The maximum Gasteiger partial charge on any atom is 0.251 e. The fourth-order valence-corrected chi connectivity index (χ4v) is 1.75. The number of carbonyl (C=O) groups is 1. The van der Waals surface area contributed by atoms with Crippen LogP contribution in [0.1, 0.15) is 37.0 Å². The number of hydrogen-bond acceptors (Lipinski definition) is 2. The van der Waals surface area contributed by atoms with Crippen molar-refractivity contribution in [2.45, 2.75) is 26.7 Å². The summed E-state index contributed by atoms with van der Waals surface area (Å²) in [6.45, 7) is 5.37. The molecule has 3 nitrogen and oxygen atoms in total. The van der Waals surface area contributed by atoms with E-state index in [1.807, 2.05) is 24.3 Å². The van der Waals surface area contributed by atoms with E-state index in [9.17, 15) is 4.79 Å². The van der Waals surface area contributed by atoms with Crippen molar-refractivity contribution in [3.8, 4) is 0 Å². The third-order valence-corrected chi connectivity index (χ3v) is 3.10. The van der Waals surface area contributed by atoms with Gasteiger partial charge in [-0.2, -0.15) is 0 Å². The Morgan fingerprint density at radius 3 is 2.59 bits per heavy atom. The largest absolute Gasteiger partial charge is 0.385 e. The third-order valence-electron chi connectivity index (χ3n) is 3.10. The van der Waals surface area contributed by atoms with E-state index in [2.05, 4.69) is 24.5 Å². The topological polar surface area (TPSA) is 41.1 Å². The summed E-state index contributed by atoms with van der Waals surface area (Å²) >= 11 is 0. The SMILES string of the molecule is CCC(CC)CNc1cccc(C(=O)NC)c1. The molecule has 0 fully saturated rings. The van der Waals surface area contributed by atoms with Crippen LogP contribution in [0.2, 0.25) is 0 Å². The summed E-state index contributed by atoms with van der Waals surface area (Å²) in [6.07, 6.45) is 2.36. The maximum atomic E-state index is 11.5. The summed E-state index contributed by atoms with van der Waals surface area (Å²) in [6, 6.07) is 7.61. The molecule has 1 aromatic rings. The molecule has 1 amide bonds. The Bertz CT molecular complexity index is 359. The summed E-state index contributed by atoms with van der Waals surface area (Å²) in [5.74, 6) is 0.648. The molecule has 0 heterocycles. The quantitative estimate of drug-likeness (QED) is 0.794. The fourth-order valence-electron chi connectivity index (χ4n) is 1.75. The van der Waals surface area contributed by atoms with Gasteiger partial charge in [0.2, 0.25) is 0 Å². The molecule has 0 atom stereocenters. The van der Waals surface area contributed by atoms with Crippen molar-refractivity contribution >= 4 is 11.6 Å². The smallest absolute Gasteiger partial charge is 0.251 e. The van der Waals surface area contributed by atoms with E-state index in [1.165, 1.54) is 12.8 Å². The Labute approximate surface area is 104 Å². The lowest BCUT2D eigenvalue weighted by Gasteiger charge is -2.14. The lowest BCUT2D eigenvalue weighted by molar-refractivity contribution is 0.0963. The molecule has 0 aliphatic carbocycles. The monoisotopic (exact) mass is 234 g/mol. The molecular formula is C14H22N2O. The Morgan fingerprint density at radius 1 is 1.29 bits per heavy atom. The van der Waals surface area contributed by atoms with Gasteiger partial charge in [-0.15, -0.1) is 0 Å². The molecule has 17 heavy (non-hydrogen) atoms. The van der Waals surface area contributed by atoms with E-state index in [0.717, 1.165) is 12.2 Å². The van der Waals surface area contributed by atoms with E-state index < -0.39 is 0 Å². The van der Waals surface area contributed by atoms with Gasteiger partial charge in [-0.05, 0) is 24.1 Å². The molecule has 1 rings (SSSR count). The number of rotatable bonds is 6. The number of amides is 1. The molecule has 0 radical (unpaired) electrons. The van der Waals surface area contributed by atoms with Gasteiger partial charge in [0.1, 0.15) is 0 Å². The Hall–Kier alpha value is -1.51. The lowest BCUT2D eigenvalue weighted by atomic mass is 10.0. The zero-order valence-electron chi connectivity index (χ0n) is 10.9. The van der Waals surface area contributed by atoms with Crippen LogP contribution in [-0.2, 0) is 0 Å². The van der Waals surface area contributed by atoms with Crippen LogP contribution in [0.4, 0.5) is 5.69 Å². The predicted molar refractivity (Wildman–Crippen MR) is 72.4 cm³/mol. The van der Waals surface area contributed by atoms with Gasteiger partial charge in [0.05, 0.1) is 0 Å².